The van der Waals surface area contributed by atoms with Crippen molar-refractivity contribution in [3.8, 4) is 0 Å². The van der Waals surface area contributed by atoms with Crippen molar-refractivity contribution < 1.29 is 18.9 Å². The van der Waals surface area contributed by atoms with E-state index in [2.05, 4.69) is 33.0 Å². The Morgan fingerprint density at radius 2 is 0.730 bits per heavy atom. The number of methoxy groups -OCH3 is 4. The van der Waals surface area contributed by atoms with Crippen LogP contribution >= 0.6 is 0 Å². The van der Waals surface area contributed by atoms with Gasteiger partial charge in [-0.2, -0.15) is 0 Å². The van der Waals surface area contributed by atoms with E-state index in [-0.39, 0.29) is 23.7 Å². The van der Waals surface area contributed by atoms with Gasteiger partial charge in [-0.25, -0.2) is 0 Å². The van der Waals surface area contributed by atoms with E-state index in [1.165, 1.54) is 116 Å². The Labute approximate surface area is 232 Å². The Hall–Kier alpha value is -0.200. The van der Waals surface area contributed by atoms with Gasteiger partial charge in [0.05, 0.1) is 0 Å². The zero-order valence-corrected chi connectivity index (χ0v) is 26.4. The molecule has 0 saturated heterocycles. The summed E-state index contributed by atoms with van der Waals surface area (Å²) in [6.07, 6.45) is 25.4. The van der Waals surface area contributed by atoms with Gasteiger partial charge < -0.3 is 24.3 Å². The Bertz CT molecular complexity index is 441. The van der Waals surface area contributed by atoms with Crippen LogP contribution in [0.3, 0.4) is 0 Å². The second kappa shape index (κ2) is 23.7. The average Bonchev–Trinajstić information content (AvgIpc) is 2.91. The molecule has 37 heavy (non-hydrogen) atoms. The van der Waals surface area contributed by atoms with Gasteiger partial charge in [-0.1, -0.05) is 90.9 Å². The summed E-state index contributed by atoms with van der Waals surface area (Å²) in [6.45, 7) is 9.64. The lowest BCUT2D eigenvalue weighted by Crippen LogP contribution is -2.54. The van der Waals surface area contributed by atoms with Crippen LogP contribution < -0.4 is 5.32 Å². The highest BCUT2D eigenvalue weighted by Gasteiger charge is 2.31. The van der Waals surface area contributed by atoms with Crippen LogP contribution in [0.25, 0.3) is 0 Å². The minimum Gasteiger partial charge on any atom is -0.356 e. The summed E-state index contributed by atoms with van der Waals surface area (Å²) in [6, 6.07) is 0. The quantitative estimate of drug-likeness (QED) is 0.0808. The van der Waals surface area contributed by atoms with Crippen LogP contribution in [0.4, 0.5) is 0 Å². The number of unbranched alkanes of at least 4 members (excludes halogenated alkanes) is 12. The number of hydrogen-bond donors (Lipinski definition) is 1. The van der Waals surface area contributed by atoms with E-state index >= 15 is 0 Å². The molecular formula is C32H67NO4. The third kappa shape index (κ3) is 19.5. The SMILES string of the molecule is CCC(C)(CCCCCCCCCC(OC)OC)NC(C)(CC)CCCCCCCCCC(OC)OC. The molecule has 0 aromatic heterocycles. The first-order valence-electron chi connectivity index (χ1n) is 15.7. The van der Waals surface area contributed by atoms with Crippen molar-refractivity contribution >= 4 is 0 Å². The fraction of sp³-hybridized carbons (Fsp3) is 1.00. The summed E-state index contributed by atoms with van der Waals surface area (Å²) in [5.74, 6) is 0. The van der Waals surface area contributed by atoms with E-state index < -0.39 is 0 Å². The van der Waals surface area contributed by atoms with Crippen molar-refractivity contribution in [1.82, 2.24) is 5.32 Å². The Morgan fingerprint density at radius 1 is 0.459 bits per heavy atom. The summed E-state index contributed by atoms with van der Waals surface area (Å²) < 4.78 is 21.1. The third-order valence-corrected chi connectivity index (χ3v) is 8.55. The average molecular weight is 530 g/mol. The van der Waals surface area contributed by atoms with Crippen molar-refractivity contribution in [2.24, 2.45) is 0 Å². The summed E-state index contributed by atoms with van der Waals surface area (Å²) in [4.78, 5) is 0. The fourth-order valence-electron chi connectivity index (χ4n) is 5.47. The smallest absolute Gasteiger partial charge is 0.156 e. The molecule has 0 radical (unpaired) electrons. The molecule has 0 bridgehead atoms. The van der Waals surface area contributed by atoms with Crippen LogP contribution in [0, 0.1) is 0 Å². The number of nitrogens with one attached hydrogen (secondary N) is 1. The second-order valence-electron chi connectivity index (χ2n) is 11.8. The van der Waals surface area contributed by atoms with Gasteiger partial charge in [0.25, 0.3) is 0 Å². The molecule has 224 valence electrons. The number of hydrogen-bond acceptors (Lipinski definition) is 5. The van der Waals surface area contributed by atoms with Gasteiger partial charge in [0.1, 0.15) is 0 Å². The van der Waals surface area contributed by atoms with Crippen molar-refractivity contribution in [2.45, 2.75) is 180 Å². The van der Waals surface area contributed by atoms with Crippen LogP contribution in [0.1, 0.15) is 156 Å². The lowest BCUT2D eigenvalue weighted by Gasteiger charge is -2.41. The molecule has 0 aliphatic heterocycles. The van der Waals surface area contributed by atoms with E-state index in [1.807, 2.05) is 0 Å². The predicted octanol–water partition coefficient (Wildman–Crippen LogP) is 9.17. The van der Waals surface area contributed by atoms with Gasteiger partial charge in [-0.05, 0) is 65.2 Å². The molecule has 5 heteroatoms. The molecule has 2 atom stereocenters. The third-order valence-electron chi connectivity index (χ3n) is 8.55. The molecule has 2 unspecified atom stereocenters. The molecule has 0 aliphatic carbocycles. The highest BCUT2D eigenvalue weighted by molar-refractivity contribution is 4.92. The highest BCUT2D eigenvalue weighted by atomic mass is 16.7. The molecule has 0 saturated carbocycles. The van der Waals surface area contributed by atoms with E-state index in [1.54, 1.807) is 28.4 Å². The monoisotopic (exact) mass is 530 g/mol. The first-order valence-corrected chi connectivity index (χ1v) is 15.7. The molecule has 0 rings (SSSR count). The van der Waals surface area contributed by atoms with Gasteiger partial charge in [0, 0.05) is 39.5 Å². The Morgan fingerprint density at radius 3 is 1.00 bits per heavy atom. The molecule has 0 heterocycles. The lowest BCUT2D eigenvalue weighted by molar-refractivity contribution is -0.107. The van der Waals surface area contributed by atoms with Crippen molar-refractivity contribution in [1.29, 1.82) is 0 Å². The van der Waals surface area contributed by atoms with Gasteiger partial charge in [-0.3, -0.25) is 0 Å². The highest BCUT2D eigenvalue weighted by Crippen LogP contribution is 2.28. The zero-order chi connectivity index (χ0) is 27.8. The van der Waals surface area contributed by atoms with E-state index in [0.29, 0.717) is 0 Å². The second-order valence-corrected chi connectivity index (χ2v) is 11.8. The van der Waals surface area contributed by atoms with Gasteiger partial charge in [-0.15, -0.1) is 0 Å². The van der Waals surface area contributed by atoms with Crippen LogP contribution in [0.15, 0.2) is 0 Å². The van der Waals surface area contributed by atoms with Gasteiger partial charge in [0.15, 0.2) is 12.6 Å². The molecule has 0 spiro atoms. The molecule has 0 amide bonds. The molecular weight excluding hydrogens is 462 g/mol. The minimum absolute atomic E-state index is 0.0282. The summed E-state index contributed by atoms with van der Waals surface area (Å²) in [7, 11) is 6.90. The number of ether oxygens (including phenoxy) is 4. The largest absolute Gasteiger partial charge is 0.356 e. The van der Waals surface area contributed by atoms with Gasteiger partial charge >= 0.3 is 0 Å². The summed E-state index contributed by atoms with van der Waals surface area (Å²) >= 11 is 0. The van der Waals surface area contributed by atoms with E-state index in [9.17, 15) is 0 Å². The summed E-state index contributed by atoms with van der Waals surface area (Å²) in [5, 5.41) is 4.14. The first kappa shape index (κ1) is 36.8. The molecule has 1 N–H and O–H groups in total. The molecule has 5 nitrogen and oxygen atoms in total. The van der Waals surface area contributed by atoms with E-state index in [4.69, 9.17) is 18.9 Å². The van der Waals surface area contributed by atoms with Crippen LogP contribution in [0.2, 0.25) is 0 Å². The standard InChI is InChI=1S/C32H67NO4/c1-9-31(3,27-23-19-15-11-13-17-21-25-29(34-5)35-6)33-32(4,10-2)28-24-20-16-12-14-18-22-26-30(36-7)37-8/h29-30,33H,9-28H2,1-8H3. The predicted molar refractivity (Wildman–Crippen MR) is 159 cm³/mol. The van der Waals surface area contributed by atoms with Crippen LogP contribution in [0.5, 0.6) is 0 Å². The Balaban J connectivity index is 4.01. The minimum atomic E-state index is -0.0282. The topological polar surface area (TPSA) is 49.0 Å². The zero-order valence-electron chi connectivity index (χ0n) is 26.4. The summed E-state index contributed by atoms with van der Waals surface area (Å²) in [5.41, 5.74) is 0.505. The molecule has 0 aliphatic rings. The van der Waals surface area contributed by atoms with Crippen molar-refractivity contribution in [3.05, 3.63) is 0 Å². The lowest BCUT2D eigenvalue weighted by atomic mass is 9.83. The molecule has 0 aromatic carbocycles. The van der Waals surface area contributed by atoms with Crippen LogP contribution in [-0.4, -0.2) is 52.1 Å². The number of rotatable bonds is 28. The molecule has 0 aromatic rings. The normalized spacial score (nSPS) is 15.4. The van der Waals surface area contributed by atoms with Crippen molar-refractivity contribution in [2.75, 3.05) is 28.4 Å². The van der Waals surface area contributed by atoms with Crippen LogP contribution in [-0.2, 0) is 18.9 Å². The maximum atomic E-state index is 5.27. The Kier molecular flexibility index (Phi) is 23.5. The molecule has 0 fully saturated rings. The van der Waals surface area contributed by atoms with Gasteiger partial charge in [0.2, 0.25) is 0 Å². The first-order chi connectivity index (χ1) is 17.8. The fourth-order valence-corrected chi connectivity index (χ4v) is 5.47. The maximum absolute atomic E-state index is 5.27. The van der Waals surface area contributed by atoms with Crippen molar-refractivity contribution in [3.63, 3.8) is 0 Å². The van der Waals surface area contributed by atoms with E-state index in [0.717, 1.165) is 12.8 Å². The maximum Gasteiger partial charge on any atom is 0.156 e.